The highest BCUT2D eigenvalue weighted by atomic mass is 16.4. The number of carboxylic acids is 2. The maximum absolute atomic E-state index is 12.8. The second-order valence-corrected chi connectivity index (χ2v) is 7.65. The lowest BCUT2D eigenvalue weighted by atomic mass is 10.1. The first-order valence-electron chi connectivity index (χ1n) is 10.4. The summed E-state index contributed by atoms with van der Waals surface area (Å²) < 4.78 is 0. The Morgan fingerprint density at radius 3 is 1.56 bits per heavy atom. The minimum absolute atomic E-state index is 0.264. The second kappa shape index (κ2) is 14.4. The van der Waals surface area contributed by atoms with Crippen molar-refractivity contribution in [3.05, 3.63) is 0 Å². The van der Waals surface area contributed by atoms with Gasteiger partial charge in [-0.05, 0) is 33.6 Å². The molecule has 192 valence electrons. The van der Waals surface area contributed by atoms with Crippen LogP contribution < -0.4 is 32.7 Å². The Hall–Kier alpha value is -3.75. The fraction of sp³-hybridized carbons (Fsp3) is 0.632. The molecule has 0 unspecified atom stereocenters. The maximum atomic E-state index is 12.8. The third-order valence-corrected chi connectivity index (χ3v) is 4.49. The molecule has 0 heterocycles. The third kappa shape index (κ3) is 11.8. The summed E-state index contributed by atoms with van der Waals surface area (Å²) in [4.78, 5) is 82.4. The van der Waals surface area contributed by atoms with E-state index >= 15 is 0 Å². The van der Waals surface area contributed by atoms with Gasteiger partial charge < -0.3 is 42.9 Å². The zero-order valence-corrected chi connectivity index (χ0v) is 19.1. The highest BCUT2D eigenvalue weighted by Gasteiger charge is 2.30. The number of hydrogen-bond acceptors (Lipinski definition) is 8. The first-order chi connectivity index (χ1) is 15.6. The van der Waals surface area contributed by atoms with Crippen LogP contribution in [0.5, 0.6) is 0 Å². The number of carboxylic acid groups (broad SMARTS) is 2. The molecular formula is C19H32N6O9. The Balaban J connectivity index is 5.52. The van der Waals surface area contributed by atoms with E-state index in [1.165, 1.54) is 20.8 Å². The molecule has 0 rings (SSSR count). The summed E-state index contributed by atoms with van der Waals surface area (Å²) in [5, 5.41) is 26.9. The Morgan fingerprint density at radius 1 is 0.676 bits per heavy atom. The average Bonchev–Trinajstić information content (AvgIpc) is 2.72. The van der Waals surface area contributed by atoms with Gasteiger partial charge in [-0.15, -0.1) is 0 Å². The lowest BCUT2D eigenvalue weighted by Crippen LogP contribution is -2.57. The van der Waals surface area contributed by atoms with Crippen LogP contribution in [-0.4, -0.2) is 81.9 Å². The van der Waals surface area contributed by atoms with Gasteiger partial charge in [-0.1, -0.05) is 0 Å². The maximum Gasteiger partial charge on any atom is 0.325 e. The molecule has 0 aliphatic carbocycles. The van der Waals surface area contributed by atoms with Gasteiger partial charge >= 0.3 is 11.9 Å². The van der Waals surface area contributed by atoms with E-state index < -0.39 is 78.1 Å². The molecule has 5 amide bonds. The normalized spacial score (nSPS) is 14.9. The van der Waals surface area contributed by atoms with E-state index in [2.05, 4.69) is 21.3 Å². The van der Waals surface area contributed by atoms with E-state index in [4.69, 9.17) is 21.7 Å². The first-order valence-corrected chi connectivity index (χ1v) is 10.4. The molecule has 0 aliphatic rings. The van der Waals surface area contributed by atoms with Gasteiger partial charge in [0.05, 0.1) is 6.04 Å². The van der Waals surface area contributed by atoms with Crippen molar-refractivity contribution in [1.29, 1.82) is 0 Å². The number of carbonyl (C=O) groups is 7. The zero-order valence-electron chi connectivity index (χ0n) is 19.1. The topological polar surface area (TPSA) is 260 Å². The molecule has 34 heavy (non-hydrogen) atoms. The quantitative estimate of drug-likeness (QED) is 0.113. The van der Waals surface area contributed by atoms with Crippen molar-refractivity contribution < 1.29 is 43.8 Å². The monoisotopic (exact) mass is 488 g/mol. The van der Waals surface area contributed by atoms with E-state index in [9.17, 15) is 33.6 Å². The molecule has 0 fully saturated rings. The smallest absolute Gasteiger partial charge is 0.325 e. The number of aliphatic carboxylic acids is 2. The van der Waals surface area contributed by atoms with E-state index in [0.29, 0.717) is 0 Å². The number of carbonyl (C=O) groups excluding carboxylic acids is 5. The molecule has 15 heteroatoms. The third-order valence-electron chi connectivity index (χ3n) is 4.49. The van der Waals surface area contributed by atoms with Gasteiger partial charge in [-0.2, -0.15) is 0 Å². The molecule has 0 aliphatic heterocycles. The molecule has 0 aromatic rings. The van der Waals surface area contributed by atoms with Gasteiger partial charge in [0.15, 0.2) is 0 Å². The molecule has 0 aromatic carbocycles. The lowest BCUT2D eigenvalue weighted by Gasteiger charge is -2.24. The largest absolute Gasteiger partial charge is 0.481 e. The fourth-order valence-electron chi connectivity index (χ4n) is 2.45. The van der Waals surface area contributed by atoms with Crippen molar-refractivity contribution in [3.63, 3.8) is 0 Å². The summed E-state index contributed by atoms with van der Waals surface area (Å²) in [6, 6.07) is -6.16. The van der Waals surface area contributed by atoms with Crippen molar-refractivity contribution in [2.75, 3.05) is 0 Å². The highest BCUT2D eigenvalue weighted by molar-refractivity contribution is 5.95. The van der Waals surface area contributed by atoms with Gasteiger partial charge in [0.1, 0.15) is 24.2 Å². The van der Waals surface area contributed by atoms with E-state index in [0.717, 1.165) is 0 Å². The van der Waals surface area contributed by atoms with Crippen LogP contribution in [0.25, 0.3) is 0 Å². The lowest BCUT2D eigenvalue weighted by molar-refractivity contribution is -0.142. The van der Waals surface area contributed by atoms with E-state index in [1.54, 1.807) is 0 Å². The second-order valence-electron chi connectivity index (χ2n) is 7.65. The Kier molecular flexibility index (Phi) is 12.8. The number of primary amides is 1. The van der Waals surface area contributed by atoms with Crippen molar-refractivity contribution in [2.45, 2.75) is 76.7 Å². The number of rotatable bonds is 15. The number of amides is 5. The zero-order chi connectivity index (χ0) is 26.6. The van der Waals surface area contributed by atoms with Crippen molar-refractivity contribution in [3.8, 4) is 0 Å². The average molecular weight is 488 g/mol. The van der Waals surface area contributed by atoms with Crippen molar-refractivity contribution in [2.24, 2.45) is 11.5 Å². The number of nitrogens with one attached hydrogen (secondary N) is 4. The van der Waals surface area contributed by atoms with Gasteiger partial charge in [0, 0.05) is 12.8 Å². The Bertz CT molecular complexity index is 801. The summed E-state index contributed by atoms with van der Waals surface area (Å²) in [5.41, 5.74) is 10.5. The minimum Gasteiger partial charge on any atom is -0.481 e. The molecule has 0 radical (unpaired) electrons. The highest BCUT2D eigenvalue weighted by Crippen LogP contribution is 2.04. The van der Waals surface area contributed by atoms with Crippen LogP contribution in [0.1, 0.15) is 46.5 Å². The Labute approximate surface area is 195 Å². The predicted molar refractivity (Wildman–Crippen MR) is 116 cm³/mol. The molecule has 10 N–H and O–H groups in total. The van der Waals surface area contributed by atoms with Crippen molar-refractivity contribution in [1.82, 2.24) is 21.3 Å². The Morgan fingerprint density at radius 2 is 1.12 bits per heavy atom. The fourth-order valence-corrected chi connectivity index (χ4v) is 2.45. The van der Waals surface area contributed by atoms with Crippen LogP contribution in [0.2, 0.25) is 0 Å². The van der Waals surface area contributed by atoms with E-state index in [1.807, 2.05) is 0 Å². The number of nitrogens with two attached hydrogens (primary N) is 2. The summed E-state index contributed by atoms with van der Waals surface area (Å²) in [7, 11) is 0. The predicted octanol–water partition coefficient (Wildman–Crippen LogP) is -3.47. The van der Waals surface area contributed by atoms with Gasteiger partial charge in [0.2, 0.25) is 29.5 Å². The summed E-state index contributed by atoms with van der Waals surface area (Å²) in [6.45, 7) is 3.90. The molecule has 0 bridgehead atoms. The summed E-state index contributed by atoms with van der Waals surface area (Å²) in [5.74, 6) is -6.73. The van der Waals surface area contributed by atoms with Crippen LogP contribution in [0, 0.1) is 0 Å². The molecule has 0 saturated heterocycles. The molecule has 15 nitrogen and oxygen atoms in total. The molecule has 0 spiro atoms. The number of hydrogen-bond donors (Lipinski definition) is 8. The minimum atomic E-state index is -1.45. The van der Waals surface area contributed by atoms with Gasteiger partial charge in [0.25, 0.3) is 0 Å². The van der Waals surface area contributed by atoms with Crippen LogP contribution in [-0.2, 0) is 33.6 Å². The molecule has 0 aromatic heterocycles. The van der Waals surface area contributed by atoms with Gasteiger partial charge in [-0.3, -0.25) is 33.6 Å². The van der Waals surface area contributed by atoms with Gasteiger partial charge in [-0.25, -0.2) is 0 Å². The summed E-state index contributed by atoms with van der Waals surface area (Å²) >= 11 is 0. The summed E-state index contributed by atoms with van der Waals surface area (Å²) in [6.07, 6.45) is -1.49. The SMILES string of the molecule is C[C@H](N)C(=O)N[C@@H](C)C(=O)N[C@@H](CCC(N)=O)C(=O)N[C@@H](CCC(=O)O)C(=O)N[C@@H](C)C(=O)O. The van der Waals surface area contributed by atoms with Crippen LogP contribution in [0.3, 0.4) is 0 Å². The standard InChI is InChI=1S/C19H32N6O9/c1-8(20)15(29)22-9(2)16(30)24-11(4-6-13(21)26)18(32)25-12(5-7-14(27)28)17(31)23-10(3)19(33)34/h8-12H,4-7,20H2,1-3H3,(H2,21,26)(H,22,29)(H,23,31)(H,24,30)(H,25,32)(H,27,28)(H,33,34)/t8-,9-,10-,11-,12-/m0/s1. The molecular weight excluding hydrogens is 456 g/mol. The first kappa shape index (κ1) is 30.2. The van der Waals surface area contributed by atoms with Crippen LogP contribution in [0.15, 0.2) is 0 Å². The van der Waals surface area contributed by atoms with Crippen LogP contribution in [0.4, 0.5) is 0 Å². The molecule has 5 atom stereocenters. The van der Waals surface area contributed by atoms with E-state index in [-0.39, 0.29) is 19.3 Å². The van der Waals surface area contributed by atoms with Crippen LogP contribution >= 0.6 is 0 Å². The van der Waals surface area contributed by atoms with Crippen molar-refractivity contribution >= 4 is 41.5 Å². The molecule has 0 saturated carbocycles.